The molecule has 4 heteroatoms. The summed E-state index contributed by atoms with van der Waals surface area (Å²) >= 11 is 0. The molecule has 1 aliphatic carbocycles. The van der Waals surface area contributed by atoms with Crippen molar-refractivity contribution in [2.24, 2.45) is 16.7 Å². The summed E-state index contributed by atoms with van der Waals surface area (Å²) in [4.78, 5) is 12.1. The zero-order chi connectivity index (χ0) is 13.2. The molecule has 1 aliphatic heterocycles. The third-order valence-corrected chi connectivity index (χ3v) is 4.64. The quantitative estimate of drug-likeness (QED) is 0.683. The van der Waals surface area contributed by atoms with Crippen LogP contribution in [0.3, 0.4) is 0 Å². The normalized spacial score (nSPS) is 26.1. The monoisotopic (exact) mass is 254 g/mol. The number of aliphatic hydroxyl groups is 1. The Morgan fingerprint density at radius 3 is 2.72 bits per heavy atom. The van der Waals surface area contributed by atoms with Crippen molar-refractivity contribution in [2.75, 3.05) is 26.2 Å². The zero-order valence-corrected chi connectivity index (χ0v) is 11.6. The fourth-order valence-corrected chi connectivity index (χ4v) is 3.04. The molecule has 1 amide bonds. The van der Waals surface area contributed by atoms with Gasteiger partial charge in [-0.3, -0.25) is 4.79 Å². The average Bonchev–Trinajstić information content (AvgIpc) is 3.01. The number of hydrogen-bond donors (Lipinski definition) is 3. The molecule has 1 spiro atoms. The van der Waals surface area contributed by atoms with Crippen LogP contribution >= 0.6 is 0 Å². The van der Waals surface area contributed by atoms with E-state index in [1.165, 1.54) is 0 Å². The first kappa shape index (κ1) is 13.8. The third-order valence-electron chi connectivity index (χ3n) is 4.64. The van der Waals surface area contributed by atoms with E-state index in [4.69, 9.17) is 5.11 Å². The molecule has 4 nitrogen and oxygen atoms in total. The van der Waals surface area contributed by atoms with Gasteiger partial charge in [0.15, 0.2) is 0 Å². The van der Waals surface area contributed by atoms with Gasteiger partial charge in [0.1, 0.15) is 0 Å². The SMILES string of the molecule is CC(C)(CCO)CNC(=O)C1CC12CCNCC2. The van der Waals surface area contributed by atoms with Crippen LogP contribution in [0, 0.1) is 16.7 Å². The second-order valence-electron chi connectivity index (χ2n) is 6.72. The Morgan fingerprint density at radius 1 is 1.44 bits per heavy atom. The number of amides is 1. The summed E-state index contributed by atoms with van der Waals surface area (Å²) in [6, 6.07) is 0. The molecule has 0 radical (unpaired) electrons. The molecule has 1 saturated carbocycles. The summed E-state index contributed by atoms with van der Waals surface area (Å²) in [6.07, 6.45) is 4.09. The van der Waals surface area contributed by atoms with Crippen LogP contribution < -0.4 is 10.6 Å². The maximum atomic E-state index is 12.1. The minimum atomic E-state index is -0.0133. The maximum absolute atomic E-state index is 12.1. The molecule has 0 aromatic heterocycles. The van der Waals surface area contributed by atoms with E-state index in [-0.39, 0.29) is 23.8 Å². The number of aliphatic hydroxyl groups excluding tert-OH is 1. The largest absolute Gasteiger partial charge is 0.396 e. The fourth-order valence-electron chi connectivity index (χ4n) is 3.04. The van der Waals surface area contributed by atoms with E-state index in [1.807, 2.05) is 0 Å². The Hall–Kier alpha value is -0.610. The number of piperidine rings is 1. The summed E-state index contributed by atoms with van der Waals surface area (Å²) in [5.41, 5.74) is 0.303. The van der Waals surface area contributed by atoms with Crippen LogP contribution in [0.1, 0.15) is 39.5 Å². The summed E-state index contributed by atoms with van der Waals surface area (Å²) in [5, 5.41) is 15.4. The molecule has 18 heavy (non-hydrogen) atoms. The number of rotatable bonds is 5. The van der Waals surface area contributed by atoms with Crippen molar-refractivity contribution in [3.05, 3.63) is 0 Å². The van der Waals surface area contributed by atoms with Crippen molar-refractivity contribution in [3.63, 3.8) is 0 Å². The average molecular weight is 254 g/mol. The molecule has 3 N–H and O–H groups in total. The van der Waals surface area contributed by atoms with Gasteiger partial charge in [-0.15, -0.1) is 0 Å². The van der Waals surface area contributed by atoms with Gasteiger partial charge in [0.25, 0.3) is 0 Å². The Labute approximate surface area is 110 Å². The summed E-state index contributed by atoms with van der Waals surface area (Å²) in [5.74, 6) is 0.465. The summed E-state index contributed by atoms with van der Waals surface area (Å²) < 4.78 is 0. The lowest BCUT2D eigenvalue weighted by Crippen LogP contribution is -2.38. The van der Waals surface area contributed by atoms with Gasteiger partial charge in [0.05, 0.1) is 0 Å². The molecule has 1 unspecified atom stereocenters. The van der Waals surface area contributed by atoms with Crippen LogP contribution in [0.4, 0.5) is 0 Å². The standard InChI is InChI=1S/C14H26N2O2/c1-13(2,5-8-17)10-16-12(18)11-9-14(11)3-6-15-7-4-14/h11,15,17H,3-10H2,1-2H3,(H,16,18). The van der Waals surface area contributed by atoms with E-state index >= 15 is 0 Å². The van der Waals surface area contributed by atoms with Crippen LogP contribution in [0.25, 0.3) is 0 Å². The molecule has 2 rings (SSSR count). The Balaban J connectivity index is 1.76. The van der Waals surface area contributed by atoms with E-state index in [2.05, 4.69) is 24.5 Å². The topological polar surface area (TPSA) is 61.4 Å². The van der Waals surface area contributed by atoms with E-state index in [0.717, 1.165) is 38.8 Å². The lowest BCUT2D eigenvalue weighted by atomic mass is 9.89. The van der Waals surface area contributed by atoms with Crippen molar-refractivity contribution in [3.8, 4) is 0 Å². The lowest BCUT2D eigenvalue weighted by Gasteiger charge is -2.25. The van der Waals surface area contributed by atoms with Crippen molar-refractivity contribution >= 4 is 5.91 Å². The summed E-state index contributed by atoms with van der Waals surface area (Å²) in [7, 11) is 0. The Bertz CT molecular complexity index is 309. The highest BCUT2D eigenvalue weighted by Crippen LogP contribution is 2.58. The summed E-state index contributed by atoms with van der Waals surface area (Å²) in [6.45, 7) is 7.12. The third kappa shape index (κ3) is 3.04. The molecule has 1 saturated heterocycles. The molecule has 0 bridgehead atoms. The van der Waals surface area contributed by atoms with Gasteiger partial charge in [0, 0.05) is 19.1 Å². The first-order chi connectivity index (χ1) is 8.49. The van der Waals surface area contributed by atoms with Gasteiger partial charge in [-0.25, -0.2) is 0 Å². The minimum Gasteiger partial charge on any atom is -0.396 e. The molecule has 0 aromatic rings. The number of carbonyl (C=O) groups is 1. The van der Waals surface area contributed by atoms with Gasteiger partial charge in [-0.05, 0) is 49.6 Å². The van der Waals surface area contributed by atoms with E-state index in [9.17, 15) is 4.79 Å². The molecule has 0 aromatic carbocycles. The van der Waals surface area contributed by atoms with Gasteiger partial charge in [0.2, 0.25) is 5.91 Å². The zero-order valence-electron chi connectivity index (χ0n) is 11.6. The second kappa shape index (κ2) is 5.17. The van der Waals surface area contributed by atoms with Gasteiger partial charge in [-0.1, -0.05) is 13.8 Å². The molecular weight excluding hydrogens is 228 g/mol. The van der Waals surface area contributed by atoms with Crippen LogP contribution in [0.2, 0.25) is 0 Å². The van der Waals surface area contributed by atoms with Crippen LogP contribution in [-0.2, 0) is 4.79 Å². The lowest BCUT2D eigenvalue weighted by molar-refractivity contribution is -0.123. The molecular formula is C14H26N2O2. The maximum Gasteiger partial charge on any atom is 0.223 e. The van der Waals surface area contributed by atoms with Crippen LogP contribution in [-0.4, -0.2) is 37.3 Å². The van der Waals surface area contributed by atoms with Crippen LogP contribution in [0.5, 0.6) is 0 Å². The molecule has 2 fully saturated rings. The molecule has 2 aliphatic rings. The predicted molar refractivity (Wildman–Crippen MR) is 71.1 cm³/mol. The van der Waals surface area contributed by atoms with Crippen molar-refractivity contribution < 1.29 is 9.90 Å². The van der Waals surface area contributed by atoms with Gasteiger partial charge in [-0.2, -0.15) is 0 Å². The molecule has 1 atom stereocenters. The highest BCUT2D eigenvalue weighted by molar-refractivity contribution is 5.82. The van der Waals surface area contributed by atoms with Crippen molar-refractivity contribution in [1.82, 2.24) is 10.6 Å². The first-order valence-corrected chi connectivity index (χ1v) is 7.08. The van der Waals surface area contributed by atoms with E-state index in [0.29, 0.717) is 12.0 Å². The van der Waals surface area contributed by atoms with E-state index < -0.39 is 0 Å². The highest BCUT2D eigenvalue weighted by Gasteiger charge is 2.57. The minimum absolute atomic E-state index is 0.0133. The number of nitrogens with one attached hydrogen (secondary N) is 2. The first-order valence-electron chi connectivity index (χ1n) is 7.08. The van der Waals surface area contributed by atoms with Gasteiger partial charge < -0.3 is 15.7 Å². The van der Waals surface area contributed by atoms with Crippen molar-refractivity contribution in [2.45, 2.75) is 39.5 Å². The predicted octanol–water partition coefficient (Wildman–Crippen LogP) is 0.901. The highest BCUT2D eigenvalue weighted by atomic mass is 16.3. The Morgan fingerprint density at radius 2 is 2.11 bits per heavy atom. The smallest absolute Gasteiger partial charge is 0.223 e. The fraction of sp³-hybridized carbons (Fsp3) is 0.929. The Kier molecular flexibility index (Phi) is 3.97. The van der Waals surface area contributed by atoms with E-state index in [1.54, 1.807) is 0 Å². The number of hydrogen-bond acceptors (Lipinski definition) is 3. The second-order valence-corrected chi connectivity index (χ2v) is 6.72. The molecule has 104 valence electrons. The number of carbonyl (C=O) groups excluding carboxylic acids is 1. The van der Waals surface area contributed by atoms with Crippen LogP contribution in [0.15, 0.2) is 0 Å². The van der Waals surface area contributed by atoms with Crippen molar-refractivity contribution in [1.29, 1.82) is 0 Å². The van der Waals surface area contributed by atoms with Gasteiger partial charge >= 0.3 is 0 Å². The molecule has 1 heterocycles.